The number of primary amides is 1. The molecule has 0 spiro atoms. The zero-order valence-electron chi connectivity index (χ0n) is 15.7. The maximum Gasteiger partial charge on any atom is 0.267 e. The largest absolute Gasteiger partial charge is 0.373 e. The Morgan fingerprint density at radius 3 is 2.46 bits per heavy atom. The van der Waals surface area contributed by atoms with Crippen LogP contribution in [0, 0.1) is 17.8 Å². The van der Waals surface area contributed by atoms with Crippen LogP contribution in [0.25, 0.3) is 0 Å². The highest BCUT2D eigenvalue weighted by atomic mass is 35.5. The second kappa shape index (κ2) is 7.45. The number of likely N-dealkylation sites (tertiary alicyclic amines) is 1. The molecular weight excluding hydrogens is 350 g/mol. The quantitative estimate of drug-likeness (QED) is 0.873. The third-order valence-corrected chi connectivity index (χ3v) is 7.07. The fourth-order valence-electron chi connectivity index (χ4n) is 5.66. The van der Waals surface area contributed by atoms with Crippen molar-refractivity contribution in [2.24, 2.45) is 23.5 Å². The number of nitrogens with zero attached hydrogens (tertiary/aromatic N) is 2. The SMILES string of the molecule is COC1(c2ccnc(C(N)=O)c2)[C@@H]2CCC[C@H]1CN([C@H]1CC[C@H]1C)C2.Cl. The molecule has 26 heavy (non-hydrogen) atoms. The lowest BCUT2D eigenvalue weighted by atomic mass is 9.61. The minimum atomic E-state index is -0.473. The number of halogens is 1. The number of rotatable bonds is 4. The van der Waals surface area contributed by atoms with Crippen molar-refractivity contribution in [1.82, 2.24) is 9.88 Å². The molecular formula is C20H30ClN3O2. The summed E-state index contributed by atoms with van der Waals surface area (Å²) >= 11 is 0. The van der Waals surface area contributed by atoms with Gasteiger partial charge in [-0.2, -0.15) is 0 Å². The highest BCUT2D eigenvalue weighted by molar-refractivity contribution is 5.90. The Kier molecular flexibility index (Phi) is 5.61. The molecule has 6 heteroatoms. The molecule has 1 aliphatic heterocycles. The molecule has 1 unspecified atom stereocenters. The summed E-state index contributed by atoms with van der Waals surface area (Å²) in [5.74, 6) is 1.26. The molecule has 2 bridgehead atoms. The molecule has 0 aromatic carbocycles. The van der Waals surface area contributed by atoms with E-state index >= 15 is 0 Å². The van der Waals surface area contributed by atoms with Gasteiger partial charge in [0.05, 0.1) is 0 Å². The highest BCUT2D eigenvalue weighted by Gasteiger charge is 2.54. The normalized spacial score (nSPS) is 36.7. The van der Waals surface area contributed by atoms with E-state index in [1.54, 1.807) is 6.20 Å². The Morgan fingerprint density at radius 1 is 1.27 bits per heavy atom. The predicted octanol–water partition coefficient (Wildman–Crippen LogP) is 2.97. The number of pyridine rings is 1. The van der Waals surface area contributed by atoms with Crippen LogP contribution < -0.4 is 5.73 Å². The number of aromatic nitrogens is 1. The van der Waals surface area contributed by atoms with Gasteiger partial charge in [-0.3, -0.25) is 14.7 Å². The minimum absolute atomic E-state index is 0. The fourth-order valence-corrected chi connectivity index (χ4v) is 5.66. The molecule has 2 saturated carbocycles. The van der Waals surface area contributed by atoms with Crippen LogP contribution in [0.1, 0.15) is 55.1 Å². The van der Waals surface area contributed by atoms with Gasteiger partial charge in [0.2, 0.25) is 0 Å². The Balaban J connectivity index is 0.00000196. The molecule has 3 aliphatic rings. The minimum Gasteiger partial charge on any atom is -0.373 e. The van der Waals surface area contributed by atoms with E-state index in [-0.39, 0.29) is 18.0 Å². The first-order valence-corrected chi connectivity index (χ1v) is 9.61. The summed E-state index contributed by atoms with van der Waals surface area (Å²) < 4.78 is 6.27. The van der Waals surface area contributed by atoms with Crippen LogP contribution in [0.5, 0.6) is 0 Å². The van der Waals surface area contributed by atoms with E-state index in [1.807, 2.05) is 19.2 Å². The number of piperidine rings is 1. The molecule has 1 amide bonds. The third-order valence-electron chi connectivity index (χ3n) is 7.07. The van der Waals surface area contributed by atoms with Crippen LogP contribution in [-0.4, -0.2) is 42.0 Å². The summed E-state index contributed by atoms with van der Waals surface area (Å²) in [7, 11) is 1.83. The van der Waals surface area contributed by atoms with Gasteiger partial charge in [0, 0.05) is 44.3 Å². The summed E-state index contributed by atoms with van der Waals surface area (Å²) in [5.41, 5.74) is 6.57. The molecule has 1 saturated heterocycles. The van der Waals surface area contributed by atoms with Crippen LogP contribution in [-0.2, 0) is 10.3 Å². The van der Waals surface area contributed by atoms with Gasteiger partial charge < -0.3 is 10.5 Å². The van der Waals surface area contributed by atoms with Gasteiger partial charge in [-0.15, -0.1) is 12.4 Å². The molecule has 1 aromatic rings. The van der Waals surface area contributed by atoms with Crippen molar-refractivity contribution in [2.45, 2.75) is 50.7 Å². The summed E-state index contributed by atoms with van der Waals surface area (Å²) in [6.07, 6.45) is 8.01. The van der Waals surface area contributed by atoms with Crippen LogP contribution in [0.4, 0.5) is 0 Å². The molecule has 5 atom stereocenters. The predicted molar refractivity (Wildman–Crippen MR) is 103 cm³/mol. The fraction of sp³-hybridized carbons (Fsp3) is 0.700. The van der Waals surface area contributed by atoms with Gasteiger partial charge >= 0.3 is 0 Å². The number of amides is 1. The van der Waals surface area contributed by atoms with Gasteiger partial charge in [0.15, 0.2) is 0 Å². The molecule has 144 valence electrons. The molecule has 1 aromatic heterocycles. The smallest absolute Gasteiger partial charge is 0.267 e. The Labute approximate surface area is 162 Å². The van der Waals surface area contributed by atoms with Gasteiger partial charge in [-0.05, 0) is 49.3 Å². The number of ether oxygens (including phenoxy) is 1. The van der Waals surface area contributed by atoms with Crippen molar-refractivity contribution < 1.29 is 9.53 Å². The highest BCUT2D eigenvalue weighted by Crippen LogP contribution is 2.52. The molecule has 5 nitrogen and oxygen atoms in total. The van der Waals surface area contributed by atoms with Crippen LogP contribution >= 0.6 is 12.4 Å². The first kappa shape index (κ1) is 19.6. The van der Waals surface area contributed by atoms with Crippen molar-refractivity contribution in [3.8, 4) is 0 Å². The molecule has 0 radical (unpaired) electrons. The first-order valence-electron chi connectivity index (χ1n) is 9.61. The number of hydrogen-bond donors (Lipinski definition) is 1. The van der Waals surface area contributed by atoms with E-state index in [2.05, 4.69) is 16.8 Å². The van der Waals surface area contributed by atoms with Gasteiger partial charge in [-0.25, -0.2) is 0 Å². The number of nitrogens with two attached hydrogens (primary N) is 1. The van der Waals surface area contributed by atoms with E-state index in [0.29, 0.717) is 17.5 Å². The zero-order chi connectivity index (χ0) is 17.6. The molecule has 4 rings (SSSR count). The summed E-state index contributed by atoms with van der Waals surface area (Å²) in [5, 5.41) is 0. The molecule has 2 heterocycles. The third kappa shape index (κ3) is 2.94. The Bertz CT molecular complexity index is 654. The maximum atomic E-state index is 11.6. The Hall–Kier alpha value is -1.17. The molecule has 2 N–H and O–H groups in total. The lowest BCUT2D eigenvalue weighted by Crippen LogP contribution is -2.62. The number of methoxy groups -OCH3 is 1. The standard InChI is InChI=1S/C20H29N3O2.ClH/c1-13-6-7-18(13)23-11-15-4-3-5-16(12-23)20(15,25-2)14-8-9-22-17(10-14)19(21)24;/h8-10,13,15-16,18H,3-7,11-12H2,1-2H3,(H2,21,24);1H/t13-,15-,16+,18+,20?;/m1./s1. The Morgan fingerprint density at radius 2 is 1.96 bits per heavy atom. The van der Waals surface area contributed by atoms with E-state index in [9.17, 15) is 4.79 Å². The summed E-state index contributed by atoms with van der Waals surface area (Å²) in [6.45, 7) is 4.56. The van der Waals surface area contributed by atoms with E-state index < -0.39 is 5.91 Å². The number of carbonyl (C=O) groups excluding carboxylic acids is 1. The summed E-state index contributed by atoms with van der Waals surface area (Å²) in [6, 6.07) is 4.62. The lowest BCUT2D eigenvalue weighted by Gasteiger charge is -2.58. The lowest BCUT2D eigenvalue weighted by molar-refractivity contribution is -0.181. The molecule has 2 aliphatic carbocycles. The number of hydrogen-bond acceptors (Lipinski definition) is 4. The van der Waals surface area contributed by atoms with Crippen molar-refractivity contribution in [2.75, 3.05) is 20.2 Å². The van der Waals surface area contributed by atoms with Crippen molar-refractivity contribution >= 4 is 18.3 Å². The van der Waals surface area contributed by atoms with Crippen molar-refractivity contribution in [3.63, 3.8) is 0 Å². The van der Waals surface area contributed by atoms with Crippen molar-refractivity contribution in [3.05, 3.63) is 29.6 Å². The zero-order valence-corrected chi connectivity index (χ0v) is 16.5. The molecule has 3 fully saturated rings. The van der Waals surface area contributed by atoms with Gasteiger partial charge in [-0.1, -0.05) is 13.3 Å². The van der Waals surface area contributed by atoms with Crippen LogP contribution in [0.2, 0.25) is 0 Å². The number of carbonyl (C=O) groups is 1. The van der Waals surface area contributed by atoms with Crippen LogP contribution in [0.3, 0.4) is 0 Å². The average Bonchev–Trinajstić information content (AvgIpc) is 2.59. The topological polar surface area (TPSA) is 68.5 Å². The van der Waals surface area contributed by atoms with E-state index in [0.717, 1.165) is 30.6 Å². The van der Waals surface area contributed by atoms with Gasteiger partial charge in [0.1, 0.15) is 11.3 Å². The number of fused-ring (bicyclic) bond motifs is 2. The van der Waals surface area contributed by atoms with Gasteiger partial charge in [0.25, 0.3) is 5.91 Å². The van der Waals surface area contributed by atoms with E-state index in [1.165, 1.54) is 32.1 Å². The van der Waals surface area contributed by atoms with Crippen molar-refractivity contribution in [1.29, 1.82) is 0 Å². The van der Waals surface area contributed by atoms with E-state index in [4.69, 9.17) is 10.5 Å². The monoisotopic (exact) mass is 379 g/mol. The summed E-state index contributed by atoms with van der Waals surface area (Å²) in [4.78, 5) is 18.5. The first-order chi connectivity index (χ1) is 12.1. The second-order valence-electron chi connectivity index (χ2n) is 8.19. The van der Waals surface area contributed by atoms with Crippen LogP contribution in [0.15, 0.2) is 18.3 Å². The average molecular weight is 380 g/mol. The second-order valence-corrected chi connectivity index (χ2v) is 8.19. The maximum absolute atomic E-state index is 11.6.